The van der Waals surface area contributed by atoms with E-state index < -0.39 is 0 Å². The van der Waals surface area contributed by atoms with Gasteiger partial charge in [-0.15, -0.1) is 0 Å². The Morgan fingerprint density at radius 3 is 2.68 bits per heavy atom. The molecule has 0 saturated carbocycles. The van der Waals surface area contributed by atoms with Gasteiger partial charge in [0.25, 0.3) is 5.91 Å². The summed E-state index contributed by atoms with van der Waals surface area (Å²) in [7, 11) is 1.62. The second-order valence-corrected chi connectivity index (χ2v) is 7.47. The Morgan fingerprint density at radius 2 is 1.94 bits per heavy atom. The van der Waals surface area contributed by atoms with E-state index in [1.165, 1.54) is 12.1 Å². The fourth-order valence-electron chi connectivity index (χ4n) is 3.71. The maximum absolute atomic E-state index is 13.1. The van der Waals surface area contributed by atoms with Crippen molar-refractivity contribution in [2.45, 2.75) is 25.3 Å². The van der Waals surface area contributed by atoms with Crippen LogP contribution in [0.5, 0.6) is 5.75 Å². The lowest BCUT2D eigenvalue weighted by Gasteiger charge is -2.22. The number of H-pyrrole nitrogens is 1. The molecule has 4 rings (SSSR count). The van der Waals surface area contributed by atoms with Crippen LogP contribution in [0, 0.1) is 5.82 Å². The van der Waals surface area contributed by atoms with Gasteiger partial charge < -0.3 is 14.4 Å². The number of nitrogens with zero attached hydrogens (tertiary/aromatic N) is 3. The van der Waals surface area contributed by atoms with Crippen LogP contribution in [-0.2, 0) is 11.2 Å². The number of hydrogen-bond acceptors (Lipinski definition) is 5. The van der Waals surface area contributed by atoms with Crippen LogP contribution in [0.4, 0.5) is 4.39 Å². The number of aromatic nitrogens is 3. The smallest absolute Gasteiger partial charge is 0.254 e. The molecule has 1 aliphatic heterocycles. The summed E-state index contributed by atoms with van der Waals surface area (Å²) in [5.74, 6) is 1.69. The predicted octanol–water partition coefficient (Wildman–Crippen LogP) is 3.54. The molecule has 1 saturated heterocycles. The number of amides is 1. The number of aromatic amines is 1. The summed E-state index contributed by atoms with van der Waals surface area (Å²) in [6, 6.07) is 13.3. The molecule has 8 heteroatoms. The lowest BCUT2D eigenvalue weighted by Crippen LogP contribution is -2.31. The van der Waals surface area contributed by atoms with Crippen LogP contribution in [0.3, 0.4) is 0 Å². The van der Waals surface area contributed by atoms with E-state index in [9.17, 15) is 9.18 Å². The molecule has 1 fully saturated rings. The summed E-state index contributed by atoms with van der Waals surface area (Å²) in [5, 5.41) is 7.32. The third kappa shape index (κ3) is 5.08. The van der Waals surface area contributed by atoms with Gasteiger partial charge in [0.05, 0.1) is 12.6 Å². The maximum Gasteiger partial charge on any atom is 0.254 e. The van der Waals surface area contributed by atoms with Gasteiger partial charge in [-0.25, -0.2) is 9.37 Å². The molecule has 2 heterocycles. The first-order valence-corrected chi connectivity index (χ1v) is 10.3. The predicted molar refractivity (Wildman–Crippen MR) is 112 cm³/mol. The zero-order chi connectivity index (χ0) is 21.6. The first-order chi connectivity index (χ1) is 15.1. The molecule has 1 aliphatic rings. The van der Waals surface area contributed by atoms with Crippen molar-refractivity contribution in [3.63, 3.8) is 0 Å². The molecule has 1 unspecified atom stereocenters. The zero-order valence-corrected chi connectivity index (χ0v) is 17.4. The van der Waals surface area contributed by atoms with Crippen molar-refractivity contribution in [2.75, 3.05) is 26.9 Å². The molecule has 3 aromatic rings. The zero-order valence-electron chi connectivity index (χ0n) is 17.4. The Balaban J connectivity index is 1.42. The number of carbonyl (C=O) groups is 1. The molecular formula is C23H25FN4O3. The molecule has 7 nitrogen and oxygen atoms in total. The second kappa shape index (κ2) is 9.70. The average Bonchev–Trinajstić information content (AvgIpc) is 3.45. The number of methoxy groups -OCH3 is 1. The van der Waals surface area contributed by atoms with Gasteiger partial charge in [0, 0.05) is 25.6 Å². The Kier molecular flexibility index (Phi) is 6.57. The Labute approximate surface area is 180 Å². The molecule has 2 aromatic carbocycles. The summed E-state index contributed by atoms with van der Waals surface area (Å²) < 4.78 is 23.6. The standard InChI is InChI=1S/C23H25FN4O3/c1-30-13-14-31-19-10-6-17(7-11-19)23(29)28-12-2-3-20(28)22-25-21(26-27-22)15-16-4-8-18(24)9-5-16/h4-11,20H,2-3,12-15H2,1H3,(H,25,26,27). The van der Waals surface area contributed by atoms with Crippen LogP contribution in [0.15, 0.2) is 48.5 Å². The van der Waals surface area contributed by atoms with Crippen molar-refractivity contribution in [3.8, 4) is 5.75 Å². The van der Waals surface area contributed by atoms with Crippen LogP contribution in [-0.4, -0.2) is 52.9 Å². The number of likely N-dealkylation sites (tertiary alicyclic amines) is 1. The number of ether oxygens (including phenoxy) is 2. The number of hydrogen-bond donors (Lipinski definition) is 1. The number of nitrogens with one attached hydrogen (secondary N) is 1. The number of carbonyl (C=O) groups excluding carboxylic acids is 1. The third-order valence-corrected chi connectivity index (χ3v) is 5.30. The molecule has 1 N–H and O–H groups in total. The molecule has 0 radical (unpaired) electrons. The van der Waals surface area contributed by atoms with Crippen molar-refractivity contribution in [1.29, 1.82) is 0 Å². The lowest BCUT2D eigenvalue weighted by atomic mass is 10.1. The van der Waals surface area contributed by atoms with Crippen molar-refractivity contribution in [2.24, 2.45) is 0 Å². The van der Waals surface area contributed by atoms with Crippen molar-refractivity contribution in [3.05, 3.63) is 77.1 Å². The Morgan fingerprint density at radius 1 is 1.16 bits per heavy atom. The fraction of sp³-hybridized carbons (Fsp3) is 0.348. The van der Waals surface area contributed by atoms with E-state index in [1.54, 1.807) is 43.5 Å². The van der Waals surface area contributed by atoms with Gasteiger partial charge in [0.2, 0.25) is 0 Å². The Bertz CT molecular complexity index is 1000. The normalized spacial score (nSPS) is 15.9. The summed E-state index contributed by atoms with van der Waals surface area (Å²) in [6.45, 7) is 1.64. The minimum atomic E-state index is -0.267. The molecule has 1 amide bonds. The van der Waals surface area contributed by atoms with Crippen LogP contribution in [0.2, 0.25) is 0 Å². The summed E-state index contributed by atoms with van der Waals surface area (Å²) in [5.41, 5.74) is 1.55. The van der Waals surface area contributed by atoms with E-state index in [2.05, 4.69) is 15.2 Å². The summed E-state index contributed by atoms with van der Waals surface area (Å²) in [4.78, 5) is 19.5. The van der Waals surface area contributed by atoms with Gasteiger partial charge in [0.1, 0.15) is 24.0 Å². The van der Waals surface area contributed by atoms with E-state index in [-0.39, 0.29) is 17.8 Å². The average molecular weight is 424 g/mol. The highest BCUT2D eigenvalue weighted by molar-refractivity contribution is 5.94. The van der Waals surface area contributed by atoms with Gasteiger partial charge in [-0.1, -0.05) is 12.1 Å². The van der Waals surface area contributed by atoms with Crippen LogP contribution in [0.25, 0.3) is 0 Å². The molecule has 162 valence electrons. The fourth-order valence-corrected chi connectivity index (χ4v) is 3.71. The topological polar surface area (TPSA) is 80.3 Å². The van der Waals surface area contributed by atoms with Gasteiger partial charge in [-0.2, -0.15) is 5.10 Å². The van der Waals surface area contributed by atoms with Gasteiger partial charge in [-0.3, -0.25) is 9.89 Å². The highest BCUT2D eigenvalue weighted by Crippen LogP contribution is 2.31. The summed E-state index contributed by atoms with van der Waals surface area (Å²) >= 11 is 0. The van der Waals surface area contributed by atoms with Crippen molar-refractivity contribution >= 4 is 5.91 Å². The Hall–Kier alpha value is -3.26. The maximum atomic E-state index is 13.1. The molecular weight excluding hydrogens is 399 g/mol. The highest BCUT2D eigenvalue weighted by Gasteiger charge is 2.33. The number of halogens is 1. The minimum Gasteiger partial charge on any atom is -0.491 e. The van der Waals surface area contributed by atoms with Crippen molar-refractivity contribution in [1.82, 2.24) is 20.1 Å². The second-order valence-electron chi connectivity index (χ2n) is 7.47. The van der Waals surface area contributed by atoms with E-state index in [4.69, 9.17) is 9.47 Å². The molecule has 31 heavy (non-hydrogen) atoms. The van der Waals surface area contributed by atoms with E-state index in [0.717, 1.165) is 18.4 Å². The monoisotopic (exact) mass is 424 g/mol. The first-order valence-electron chi connectivity index (χ1n) is 10.3. The molecule has 1 aromatic heterocycles. The van der Waals surface area contributed by atoms with E-state index in [0.29, 0.717) is 49.1 Å². The van der Waals surface area contributed by atoms with Gasteiger partial charge >= 0.3 is 0 Å². The highest BCUT2D eigenvalue weighted by atomic mass is 19.1. The minimum absolute atomic E-state index is 0.0455. The first kappa shape index (κ1) is 21.0. The molecule has 0 spiro atoms. The van der Waals surface area contributed by atoms with E-state index in [1.807, 2.05) is 4.90 Å². The third-order valence-electron chi connectivity index (χ3n) is 5.30. The van der Waals surface area contributed by atoms with Crippen molar-refractivity contribution < 1.29 is 18.7 Å². The molecule has 0 bridgehead atoms. The number of rotatable bonds is 8. The van der Waals surface area contributed by atoms with Gasteiger partial charge in [-0.05, 0) is 54.8 Å². The lowest BCUT2D eigenvalue weighted by molar-refractivity contribution is 0.0730. The largest absolute Gasteiger partial charge is 0.491 e. The van der Waals surface area contributed by atoms with Crippen LogP contribution >= 0.6 is 0 Å². The van der Waals surface area contributed by atoms with Crippen LogP contribution < -0.4 is 4.74 Å². The SMILES string of the molecule is COCCOc1ccc(C(=O)N2CCCC2c2n[nH]c(Cc3ccc(F)cc3)n2)cc1. The van der Waals surface area contributed by atoms with Gasteiger partial charge in [0.15, 0.2) is 5.82 Å². The molecule has 0 aliphatic carbocycles. The van der Waals surface area contributed by atoms with E-state index >= 15 is 0 Å². The quantitative estimate of drug-likeness (QED) is 0.560. The molecule has 1 atom stereocenters. The number of benzene rings is 2. The summed E-state index contributed by atoms with van der Waals surface area (Å²) in [6.07, 6.45) is 2.24. The van der Waals surface area contributed by atoms with Crippen LogP contribution in [0.1, 0.15) is 46.5 Å².